The van der Waals surface area contributed by atoms with Crippen LogP contribution < -0.4 is 5.73 Å². The topological polar surface area (TPSA) is 49.8 Å². The van der Waals surface area contributed by atoms with Gasteiger partial charge in [-0.1, -0.05) is 23.7 Å². The maximum absolute atomic E-state index is 8.59. The third-order valence-electron chi connectivity index (χ3n) is 1.74. The third kappa shape index (κ3) is 2.09. The summed E-state index contributed by atoms with van der Waals surface area (Å²) < 4.78 is 0. The Kier molecular flexibility index (Phi) is 3.07. The van der Waals surface area contributed by atoms with Gasteiger partial charge >= 0.3 is 0 Å². The lowest BCUT2D eigenvalue weighted by molar-refractivity contribution is 0.914. The van der Waals surface area contributed by atoms with Crippen molar-refractivity contribution in [3.05, 3.63) is 47.0 Å². The van der Waals surface area contributed by atoms with E-state index in [9.17, 15) is 0 Å². The van der Waals surface area contributed by atoms with Crippen LogP contribution in [-0.4, -0.2) is 0 Å². The van der Waals surface area contributed by atoms with Crippen molar-refractivity contribution >= 4 is 11.6 Å². The maximum Gasteiger partial charge on any atom is 0.0992 e. The monoisotopic (exact) mass is 192 g/mol. The van der Waals surface area contributed by atoms with Crippen LogP contribution in [0.5, 0.6) is 0 Å². The van der Waals surface area contributed by atoms with Crippen LogP contribution in [0, 0.1) is 11.3 Å². The molecule has 66 valence electrons. The average molecular weight is 193 g/mol. The zero-order valence-electron chi connectivity index (χ0n) is 7.00. The summed E-state index contributed by atoms with van der Waals surface area (Å²) >= 11 is 5.90. The molecule has 0 amide bonds. The molecule has 0 heterocycles. The Balaban J connectivity index is 3.13. The van der Waals surface area contributed by atoms with E-state index in [1.54, 1.807) is 24.3 Å². The summed E-state index contributed by atoms with van der Waals surface area (Å²) in [5.41, 5.74) is 7.02. The van der Waals surface area contributed by atoms with Crippen LogP contribution in [-0.2, 0) is 0 Å². The molecule has 0 aliphatic heterocycles. The molecule has 0 fully saturated rings. The first-order valence-electron chi connectivity index (χ1n) is 3.76. The number of rotatable bonds is 2. The van der Waals surface area contributed by atoms with E-state index in [2.05, 4.69) is 6.58 Å². The van der Waals surface area contributed by atoms with E-state index in [-0.39, 0.29) is 6.04 Å². The quantitative estimate of drug-likeness (QED) is 0.732. The standard InChI is InChI=1S/C10H9ClN2/c1-2-10(13)8-4-3-7(6-12)5-9(8)11/h2-5,10H,1,13H2/t10-/m0/s1. The zero-order chi connectivity index (χ0) is 9.84. The molecule has 0 aliphatic rings. The second kappa shape index (κ2) is 4.08. The Hall–Kier alpha value is -1.30. The smallest absolute Gasteiger partial charge is 0.0992 e. The van der Waals surface area contributed by atoms with Crippen LogP contribution in [0.2, 0.25) is 5.02 Å². The van der Waals surface area contributed by atoms with E-state index in [4.69, 9.17) is 22.6 Å². The van der Waals surface area contributed by atoms with Gasteiger partial charge < -0.3 is 5.73 Å². The van der Waals surface area contributed by atoms with E-state index in [1.165, 1.54) is 0 Å². The van der Waals surface area contributed by atoms with Gasteiger partial charge in [0.25, 0.3) is 0 Å². The van der Waals surface area contributed by atoms with Crippen LogP contribution in [0.3, 0.4) is 0 Å². The number of halogens is 1. The van der Waals surface area contributed by atoms with Gasteiger partial charge in [0.15, 0.2) is 0 Å². The molecule has 0 bridgehead atoms. The van der Waals surface area contributed by atoms with E-state index in [0.29, 0.717) is 10.6 Å². The van der Waals surface area contributed by atoms with Gasteiger partial charge in [-0.3, -0.25) is 0 Å². The normalized spacial score (nSPS) is 11.8. The van der Waals surface area contributed by atoms with Gasteiger partial charge in [-0.15, -0.1) is 6.58 Å². The van der Waals surface area contributed by atoms with Crippen molar-refractivity contribution in [2.45, 2.75) is 6.04 Å². The van der Waals surface area contributed by atoms with Crippen molar-refractivity contribution in [3.8, 4) is 6.07 Å². The largest absolute Gasteiger partial charge is 0.321 e. The number of nitriles is 1. The summed E-state index contributed by atoms with van der Waals surface area (Å²) in [6.07, 6.45) is 1.60. The predicted molar refractivity (Wildman–Crippen MR) is 53.3 cm³/mol. The molecule has 1 atom stereocenters. The van der Waals surface area contributed by atoms with Crippen LogP contribution in [0.15, 0.2) is 30.9 Å². The molecule has 0 aliphatic carbocycles. The molecule has 0 unspecified atom stereocenters. The number of benzene rings is 1. The molecule has 1 aromatic rings. The highest BCUT2D eigenvalue weighted by molar-refractivity contribution is 6.31. The molecule has 0 radical (unpaired) electrons. The minimum absolute atomic E-state index is 0.278. The fourth-order valence-corrected chi connectivity index (χ4v) is 1.30. The highest BCUT2D eigenvalue weighted by Crippen LogP contribution is 2.22. The lowest BCUT2D eigenvalue weighted by Gasteiger charge is -2.08. The van der Waals surface area contributed by atoms with Gasteiger partial charge in [0.1, 0.15) is 0 Å². The van der Waals surface area contributed by atoms with Gasteiger partial charge in [-0.2, -0.15) is 5.26 Å². The van der Waals surface area contributed by atoms with Crippen molar-refractivity contribution in [2.24, 2.45) is 5.73 Å². The van der Waals surface area contributed by atoms with Gasteiger partial charge in [-0.25, -0.2) is 0 Å². The fraction of sp³-hybridized carbons (Fsp3) is 0.100. The predicted octanol–water partition coefficient (Wildman–Crippen LogP) is 2.40. The lowest BCUT2D eigenvalue weighted by Crippen LogP contribution is -2.06. The van der Waals surface area contributed by atoms with Crippen molar-refractivity contribution in [2.75, 3.05) is 0 Å². The van der Waals surface area contributed by atoms with E-state index >= 15 is 0 Å². The van der Waals surface area contributed by atoms with Crippen molar-refractivity contribution < 1.29 is 0 Å². The molecule has 1 aromatic carbocycles. The first kappa shape index (κ1) is 9.79. The molecular formula is C10H9ClN2. The van der Waals surface area contributed by atoms with Crippen molar-refractivity contribution in [1.29, 1.82) is 5.26 Å². The molecule has 2 nitrogen and oxygen atoms in total. The minimum atomic E-state index is -0.278. The SMILES string of the molecule is C=C[C@H](N)c1ccc(C#N)cc1Cl. The molecule has 0 saturated heterocycles. The van der Waals surface area contributed by atoms with Gasteiger partial charge in [0.2, 0.25) is 0 Å². The summed E-state index contributed by atoms with van der Waals surface area (Å²) in [6, 6.07) is 6.75. The second-order valence-electron chi connectivity index (χ2n) is 2.61. The number of hydrogen-bond acceptors (Lipinski definition) is 2. The Bertz CT molecular complexity index is 366. The first-order chi connectivity index (χ1) is 6.19. The molecule has 1 rings (SSSR count). The van der Waals surface area contributed by atoms with Gasteiger partial charge in [0.05, 0.1) is 11.6 Å². The molecule has 3 heteroatoms. The minimum Gasteiger partial charge on any atom is -0.321 e. The number of hydrogen-bond donors (Lipinski definition) is 1. The third-order valence-corrected chi connectivity index (χ3v) is 2.07. The fourth-order valence-electron chi connectivity index (χ4n) is 0.994. The molecular weight excluding hydrogens is 184 g/mol. The van der Waals surface area contributed by atoms with E-state index in [1.807, 2.05) is 6.07 Å². The highest BCUT2D eigenvalue weighted by Gasteiger charge is 2.06. The molecule has 0 spiro atoms. The Morgan fingerprint density at radius 1 is 1.62 bits per heavy atom. The van der Waals surface area contributed by atoms with E-state index < -0.39 is 0 Å². The van der Waals surface area contributed by atoms with Crippen LogP contribution in [0.4, 0.5) is 0 Å². The lowest BCUT2D eigenvalue weighted by atomic mass is 10.1. The Morgan fingerprint density at radius 3 is 2.77 bits per heavy atom. The number of nitrogens with two attached hydrogens (primary N) is 1. The van der Waals surface area contributed by atoms with Gasteiger partial charge in [-0.05, 0) is 17.7 Å². The van der Waals surface area contributed by atoms with Crippen LogP contribution >= 0.6 is 11.6 Å². The van der Waals surface area contributed by atoms with Gasteiger partial charge in [0, 0.05) is 11.1 Å². The van der Waals surface area contributed by atoms with Crippen LogP contribution in [0.25, 0.3) is 0 Å². The Morgan fingerprint density at radius 2 is 2.31 bits per heavy atom. The molecule has 13 heavy (non-hydrogen) atoms. The molecule has 0 aromatic heterocycles. The first-order valence-corrected chi connectivity index (χ1v) is 4.14. The van der Waals surface area contributed by atoms with Crippen molar-refractivity contribution in [1.82, 2.24) is 0 Å². The summed E-state index contributed by atoms with van der Waals surface area (Å²) in [4.78, 5) is 0. The number of nitrogens with zero attached hydrogens (tertiary/aromatic N) is 1. The van der Waals surface area contributed by atoms with Crippen molar-refractivity contribution in [3.63, 3.8) is 0 Å². The Labute approximate surface area is 82.2 Å². The molecule has 2 N–H and O–H groups in total. The summed E-state index contributed by atoms with van der Waals surface area (Å²) in [5.74, 6) is 0. The molecule has 0 saturated carbocycles. The summed E-state index contributed by atoms with van der Waals surface area (Å²) in [7, 11) is 0. The maximum atomic E-state index is 8.59. The average Bonchev–Trinajstić information content (AvgIpc) is 2.16. The summed E-state index contributed by atoms with van der Waals surface area (Å²) in [5, 5.41) is 9.09. The highest BCUT2D eigenvalue weighted by atomic mass is 35.5. The van der Waals surface area contributed by atoms with E-state index in [0.717, 1.165) is 5.56 Å². The zero-order valence-corrected chi connectivity index (χ0v) is 7.75. The summed E-state index contributed by atoms with van der Waals surface area (Å²) in [6.45, 7) is 3.57. The van der Waals surface area contributed by atoms with Crippen LogP contribution in [0.1, 0.15) is 17.2 Å². The second-order valence-corrected chi connectivity index (χ2v) is 3.02.